The van der Waals surface area contributed by atoms with E-state index < -0.39 is 8.07 Å². The van der Waals surface area contributed by atoms with Gasteiger partial charge in [-0.3, -0.25) is 0 Å². The number of hydrogen-bond acceptors (Lipinski definition) is 0. The van der Waals surface area contributed by atoms with Gasteiger partial charge in [0.25, 0.3) is 0 Å². The average molecular weight is 278 g/mol. The number of rotatable bonds is 1. The van der Waals surface area contributed by atoms with Crippen LogP contribution in [-0.2, 0) is 0 Å². The van der Waals surface area contributed by atoms with E-state index in [9.17, 15) is 0 Å². The highest BCUT2D eigenvalue weighted by Crippen LogP contribution is 2.03. The number of hydrogen-bond donors (Lipinski definition) is 0. The fourth-order valence-electron chi connectivity index (χ4n) is 0.487. The quantitative estimate of drug-likeness (QED) is 0.390. The highest BCUT2D eigenvalue weighted by molar-refractivity contribution is 14.1. The molecule has 0 aromatic carbocycles. The molecule has 0 aliphatic carbocycles. The Labute approximate surface area is 84.6 Å². The first kappa shape index (κ1) is 11.2. The minimum absolute atomic E-state index is 0.938. The molecule has 2 heteroatoms. The van der Waals surface area contributed by atoms with Crippen LogP contribution in [0.15, 0.2) is 9.66 Å². The maximum Gasteiger partial charge on any atom is 0.129 e. The van der Waals surface area contributed by atoms with Crippen molar-refractivity contribution in [2.45, 2.75) is 33.0 Å². The van der Waals surface area contributed by atoms with E-state index >= 15 is 0 Å². The first-order valence-corrected chi connectivity index (χ1v) is 8.46. The second-order valence-electron chi connectivity index (χ2n) is 3.68. The van der Waals surface area contributed by atoms with E-state index in [2.05, 4.69) is 64.7 Å². The van der Waals surface area contributed by atoms with Crippen LogP contribution in [0.3, 0.4) is 0 Å². The highest BCUT2D eigenvalue weighted by atomic mass is 127. The van der Waals surface area contributed by atoms with Crippen molar-refractivity contribution in [2.75, 3.05) is 0 Å². The van der Waals surface area contributed by atoms with Crippen LogP contribution in [-0.4, -0.2) is 8.07 Å². The molecular formula is C9H15ISi. The second-order valence-corrected chi connectivity index (χ2v) is 9.06. The summed E-state index contributed by atoms with van der Waals surface area (Å²) in [5.41, 5.74) is 4.69. The van der Waals surface area contributed by atoms with Gasteiger partial charge in [0.15, 0.2) is 0 Å². The van der Waals surface area contributed by atoms with Gasteiger partial charge in [0.05, 0.1) is 0 Å². The summed E-state index contributed by atoms with van der Waals surface area (Å²) in [5, 5.41) is 0. The Balaban J connectivity index is 3.93. The molecule has 0 aromatic rings. The summed E-state index contributed by atoms with van der Waals surface area (Å²) >= 11 is 2.26. The van der Waals surface area contributed by atoms with Crippen LogP contribution in [0.1, 0.15) is 13.3 Å². The maximum absolute atomic E-state index is 3.33. The molecule has 11 heavy (non-hydrogen) atoms. The van der Waals surface area contributed by atoms with Crippen LogP contribution < -0.4 is 0 Å². The molecule has 0 saturated heterocycles. The minimum atomic E-state index is -1.13. The fraction of sp³-hybridized carbons (Fsp3) is 0.556. The number of allylic oxidation sites excluding steroid dienone is 1. The Kier molecular flexibility index (Phi) is 5.10. The van der Waals surface area contributed by atoms with Gasteiger partial charge in [-0.15, -0.1) is 11.5 Å². The molecule has 0 N–H and O–H groups in total. The summed E-state index contributed by atoms with van der Waals surface area (Å²) in [6.45, 7) is 8.92. The lowest BCUT2D eigenvalue weighted by molar-refractivity contribution is 1.27. The predicted octanol–water partition coefficient (Wildman–Crippen LogP) is 3.60. The van der Waals surface area contributed by atoms with Gasteiger partial charge in [-0.1, -0.05) is 47.8 Å². The van der Waals surface area contributed by atoms with Crippen molar-refractivity contribution in [3.05, 3.63) is 9.66 Å². The van der Waals surface area contributed by atoms with Crippen molar-refractivity contribution in [3.63, 3.8) is 0 Å². The molecule has 0 aromatic heterocycles. The zero-order chi connectivity index (χ0) is 8.91. The van der Waals surface area contributed by atoms with Gasteiger partial charge < -0.3 is 0 Å². The standard InChI is InChI=1S/C9H15ISi/c1-9(8-10)6-5-7-11(2,3)4/h8H,6H2,1-4H3/b9-8+. The zero-order valence-corrected chi connectivity index (χ0v) is 10.8. The van der Waals surface area contributed by atoms with Crippen LogP contribution in [0.5, 0.6) is 0 Å². The summed E-state index contributed by atoms with van der Waals surface area (Å²) in [5.74, 6) is 3.21. The molecule has 0 nitrogen and oxygen atoms in total. The summed E-state index contributed by atoms with van der Waals surface area (Å²) in [7, 11) is -1.13. The van der Waals surface area contributed by atoms with Crippen LogP contribution in [0.2, 0.25) is 19.6 Å². The van der Waals surface area contributed by atoms with Crippen molar-refractivity contribution in [1.82, 2.24) is 0 Å². The monoisotopic (exact) mass is 278 g/mol. The van der Waals surface area contributed by atoms with E-state index in [4.69, 9.17) is 0 Å². The van der Waals surface area contributed by atoms with Gasteiger partial charge in [0.1, 0.15) is 8.07 Å². The van der Waals surface area contributed by atoms with Crippen molar-refractivity contribution >= 4 is 30.7 Å². The molecule has 0 unspecified atom stereocenters. The van der Waals surface area contributed by atoms with E-state index in [1.807, 2.05) is 0 Å². The smallest absolute Gasteiger partial charge is 0.129 e. The molecule has 0 spiro atoms. The molecule has 0 aliphatic heterocycles. The predicted molar refractivity (Wildman–Crippen MR) is 63.5 cm³/mol. The minimum Gasteiger partial charge on any atom is -0.132 e. The highest BCUT2D eigenvalue weighted by Gasteiger charge is 2.06. The van der Waals surface area contributed by atoms with Gasteiger partial charge in [-0.05, 0) is 11.0 Å². The van der Waals surface area contributed by atoms with E-state index in [0.717, 1.165) is 6.42 Å². The van der Waals surface area contributed by atoms with E-state index in [1.54, 1.807) is 0 Å². The Hall–Kier alpha value is 0.247. The van der Waals surface area contributed by atoms with Crippen LogP contribution in [0.4, 0.5) is 0 Å². The Morgan fingerprint density at radius 3 is 2.36 bits per heavy atom. The van der Waals surface area contributed by atoms with Gasteiger partial charge in [0.2, 0.25) is 0 Å². The Bertz CT molecular complexity index is 200. The lowest BCUT2D eigenvalue weighted by Gasteiger charge is -2.03. The van der Waals surface area contributed by atoms with Crippen LogP contribution in [0.25, 0.3) is 0 Å². The van der Waals surface area contributed by atoms with Gasteiger partial charge in [-0.25, -0.2) is 0 Å². The molecule has 62 valence electrons. The summed E-state index contributed by atoms with van der Waals surface area (Å²) in [4.78, 5) is 0. The summed E-state index contributed by atoms with van der Waals surface area (Å²) < 4.78 is 2.09. The van der Waals surface area contributed by atoms with E-state index in [1.165, 1.54) is 5.57 Å². The Morgan fingerprint density at radius 2 is 2.00 bits per heavy atom. The van der Waals surface area contributed by atoms with Gasteiger partial charge >= 0.3 is 0 Å². The van der Waals surface area contributed by atoms with Gasteiger partial charge in [-0.2, -0.15) is 0 Å². The van der Waals surface area contributed by atoms with Gasteiger partial charge in [0, 0.05) is 6.42 Å². The van der Waals surface area contributed by atoms with Crippen molar-refractivity contribution in [2.24, 2.45) is 0 Å². The SMILES string of the molecule is C/C(=C\I)CC#C[Si](C)(C)C. The number of halogens is 1. The van der Waals surface area contributed by atoms with Crippen LogP contribution in [0, 0.1) is 11.5 Å². The molecule has 0 aliphatic rings. The van der Waals surface area contributed by atoms with Crippen LogP contribution >= 0.6 is 22.6 Å². The molecule has 0 bridgehead atoms. The lowest BCUT2D eigenvalue weighted by Crippen LogP contribution is -2.16. The zero-order valence-electron chi connectivity index (χ0n) is 7.66. The van der Waals surface area contributed by atoms with Crippen molar-refractivity contribution < 1.29 is 0 Å². The fourth-order valence-corrected chi connectivity index (χ4v) is 1.33. The van der Waals surface area contributed by atoms with Crippen molar-refractivity contribution in [1.29, 1.82) is 0 Å². The summed E-state index contributed by atoms with van der Waals surface area (Å²) in [6, 6.07) is 0. The maximum atomic E-state index is 3.33. The topological polar surface area (TPSA) is 0 Å². The molecular weight excluding hydrogens is 263 g/mol. The Morgan fingerprint density at radius 1 is 1.45 bits per heavy atom. The molecule has 0 fully saturated rings. The molecule has 0 atom stereocenters. The molecule has 0 amide bonds. The third-order valence-electron chi connectivity index (χ3n) is 1.02. The lowest BCUT2D eigenvalue weighted by atomic mass is 10.3. The second kappa shape index (κ2) is 4.99. The normalized spacial score (nSPS) is 12.3. The van der Waals surface area contributed by atoms with Crippen molar-refractivity contribution in [3.8, 4) is 11.5 Å². The first-order chi connectivity index (χ1) is 4.95. The van der Waals surface area contributed by atoms with E-state index in [0.29, 0.717) is 0 Å². The molecule has 0 radical (unpaired) electrons. The molecule has 0 rings (SSSR count). The third-order valence-corrected chi connectivity index (χ3v) is 3.01. The third kappa shape index (κ3) is 8.15. The molecule has 0 heterocycles. The molecule has 0 saturated carbocycles. The van der Waals surface area contributed by atoms with E-state index in [-0.39, 0.29) is 0 Å². The summed E-state index contributed by atoms with van der Waals surface area (Å²) in [6.07, 6.45) is 0.938. The largest absolute Gasteiger partial charge is 0.132 e. The first-order valence-electron chi connectivity index (χ1n) is 3.71. The average Bonchev–Trinajstić information content (AvgIpc) is 1.85.